The van der Waals surface area contributed by atoms with Gasteiger partial charge in [-0.1, -0.05) is 6.42 Å². The van der Waals surface area contributed by atoms with Gasteiger partial charge in [0.1, 0.15) is 5.82 Å². The minimum absolute atomic E-state index is 0.124. The Morgan fingerprint density at radius 1 is 1.05 bits per heavy atom. The van der Waals surface area contributed by atoms with Crippen molar-refractivity contribution >= 4 is 5.78 Å². The summed E-state index contributed by atoms with van der Waals surface area (Å²) in [5.74, 6) is -0.166. The molecule has 1 aliphatic rings. The van der Waals surface area contributed by atoms with Crippen LogP contribution in [0.25, 0.3) is 0 Å². The predicted molar refractivity (Wildman–Crippen MR) is 74.9 cm³/mol. The summed E-state index contributed by atoms with van der Waals surface area (Å²) in [5.41, 5.74) is 0.624. The Morgan fingerprint density at radius 2 is 1.74 bits per heavy atom. The van der Waals surface area contributed by atoms with Gasteiger partial charge in [-0.05, 0) is 69.6 Å². The first-order valence-corrected chi connectivity index (χ1v) is 7.27. The topological polar surface area (TPSA) is 20.3 Å². The molecule has 0 aliphatic carbocycles. The van der Waals surface area contributed by atoms with E-state index in [9.17, 15) is 9.18 Å². The SMILES string of the molecule is O=C(CCCCN1CCCCC1)c1ccc(F)cc1. The molecular weight excluding hydrogens is 241 g/mol. The summed E-state index contributed by atoms with van der Waals surface area (Å²) >= 11 is 0. The Balaban J connectivity index is 1.64. The van der Waals surface area contributed by atoms with Gasteiger partial charge in [0.2, 0.25) is 0 Å². The fraction of sp³-hybridized carbons (Fsp3) is 0.562. The number of piperidine rings is 1. The summed E-state index contributed by atoms with van der Waals surface area (Å²) in [6, 6.07) is 5.84. The number of Topliss-reactive ketones (excluding diaryl/α,β-unsaturated/α-hetero) is 1. The maximum absolute atomic E-state index is 12.7. The Labute approximate surface area is 114 Å². The monoisotopic (exact) mass is 263 g/mol. The molecule has 1 aromatic carbocycles. The number of hydrogen-bond donors (Lipinski definition) is 0. The molecule has 1 fully saturated rings. The van der Waals surface area contributed by atoms with Gasteiger partial charge < -0.3 is 4.90 Å². The van der Waals surface area contributed by atoms with Gasteiger partial charge in [0, 0.05) is 12.0 Å². The number of hydrogen-bond acceptors (Lipinski definition) is 2. The van der Waals surface area contributed by atoms with Gasteiger partial charge >= 0.3 is 0 Å². The number of carbonyl (C=O) groups excluding carboxylic acids is 1. The van der Waals surface area contributed by atoms with E-state index >= 15 is 0 Å². The summed E-state index contributed by atoms with van der Waals surface area (Å²) < 4.78 is 12.7. The molecular formula is C16H22FNO. The zero-order valence-electron chi connectivity index (χ0n) is 11.4. The summed E-state index contributed by atoms with van der Waals surface area (Å²) in [4.78, 5) is 14.4. The molecule has 1 aromatic rings. The predicted octanol–water partition coefficient (Wildman–Crippen LogP) is 3.66. The minimum atomic E-state index is -0.290. The first kappa shape index (κ1) is 14.2. The van der Waals surface area contributed by atoms with Gasteiger partial charge in [-0.2, -0.15) is 0 Å². The quantitative estimate of drug-likeness (QED) is 0.576. The van der Waals surface area contributed by atoms with Crippen LogP contribution >= 0.6 is 0 Å². The fourth-order valence-corrected chi connectivity index (χ4v) is 2.58. The van der Waals surface area contributed by atoms with Gasteiger partial charge in [0.25, 0.3) is 0 Å². The van der Waals surface area contributed by atoms with Crippen LogP contribution in [0.2, 0.25) is 0 Å². The Kier molecular flexibility index (Phi) is 5.52. The fourth-order valence-electron chi connectivity index (χ4n) is 2.58. The van der Waals surface area contributed by atoms with E-state index < -0.39 is 0 Å². The molecule has 0 spiro atoms. The molecule has 0 radical (unpaired) electrons. The first-order chi connectivity index (χ1) is 9.25. The number of carbonyl (C=O) groups is 1. The maximum Gasteiger partial charge on any atom is 0.162 e. The van der Waals surface area contributed by atoms with E-state index in [0.717, 1.165) is 19.4 Å². The molecule has 1 saturated heterocycles. The molecule has 0 N–H and O–H groups in total. The number of benzene rings is 1. The smallest absolute Gasteiger partial charge is 0.162 e. The number of halogens is 1. The third kappa shape index (κ3) is 4.75. The van der Waals surface area contributed by atoms with Crippen LogP contribution in [-0.2, 0) is 0 Å². The highest BCUT2D eigenvalue weighted by atomic mass is 19.1. The normalized spacial score (nSPS) is 16.5. The molecule has 1 aliphatic heterocycles. The molecule has 0 amide bonds. The van der Waals surface area contributed by atoms with Crippen molar-refractivity contribution in [3.8, 4) is 0 Å². The molecule has 2 rings (SSSR count). The standard InChI is InChI=1S/C16H22FNO/c17-15-9-7-14(8-10-15)16(19)6-2-5-13-18-11-3-1-4-12-18/h7-10H,1-6,11-13H2. The van der Waals surface area contributed by atoms with E-state index in [-0.39, 0.29) is 11.6 Å². The second kappa shape index (κ2) is 7.39. The summed E-state index contributed by atoms with van der Waals surface area (Å²) in [6.07, 6.45) is 6.56. The molecule has 104 valence electrons. The molecule has 3 heteroatoms. The van der Waals surface area contributed by atoms with Gasteiger partial charge in [-0.15, -0.1) is 0 Å². The maximum atomic E-state index is 12.7. The average molecular weight is 263 g/mol. The van der Waals surface area contributed by atoms with Crippen molar-refractivity contribution in [2.75, 3.05) is 19.6 Å². The van der Waals surface area contributed by atoms with E-state index in [2.05, 4.69) is 4.90 Å². The van der Waals surface area contributed by atoms with Crippen LogP contribution in [0.3, 0.4) is 0 Å². The van der Waals surface area contributed by atoms with E-state index in [4.69, 9.17) is 0 Å². The number of ketones is 1. The van der Waals surface area contributed by atoms with Crippen molar-refractivity contribution in [2.24, 2.45) is 0 Å². The Bertz CT molecular complexity index is 396. The van der Waals surface area contributed by atoms with Crippen molar-refractivity contribution in [3.05, 3.63) is 35.6 Å². The van der Waals surface area contributed by atoms with E-state index in [1.165, 1.54) is 44.5 Å². The lowest BCUT2D eigenvalue weighted by Gasteiger charge is -2.26. The van der Waals surface area contributed by atoms with Crippen LogP contribution in [-0.4, -0.2) is 30.3 Å². The molecule has 2 nitrogen and oxygen atoms in total. The molecule has 0 saturated carbocycles. The molecule has 19 heavy (non-hydrogen) atoms. The molecule has 0 bridgehead atoms. The van der Waals surface area contributed by atoms with E-state index in [1.807, 2.05) is 0 Å². The van der Waals surface area contributed by atoms with Gasteiger partial charge in [0.05, 0.1) is 0 Å². The second-order valence-corrected chi connectivity index (χ2v) is 5.29. The van der Waals surface area contributed by atoms with Crippen molar-refractivity contribution in [1.82, 2.24) is 4.90 Å². The lowest BCUT2D eigenvalue weighted by Crippen LogP contribution is -2.30. The van der Waals surface area contributed by atoms with Gasteiger partial charge in [-0.3, -0.25) is 4.79 Å². The summed E-state index contributed by atoms with van der Waals surface area (Å²) in [7, 11) is 0. The largest absolute Gasteiger partial charge is 0.303 e. The number of rotatable bonds is 6. The zero-order chi connectivity index (χ0) is 13.5. The van der Waals surface area contributed by atoms with Crippen LogP contribution in [0.15, 0.2) is 24.3 Å². The lowest BCUT2D eigenvalue weighted by atomic mass is 10.0. The Hall–Kier alpha value is -1.22. The summed E-state index contributed by atoms with van der Waals surface area (Å²) in [6.45, 7) is 3.54. The van der Waals surface area contributed by atoms with Gasteiger partial charge in [-0.25, -0.2) is 4.39 Å². The van der Waals surface area contributed by atoms with Crippen molar-refractivity contribution in [1.29, 1.82) is 0 Å². The van der Waals surface area contributed by atoms with Crippen LogP contribution in [0.5, 0.6) is 0 Å². The van der Waals surface area contributed by atoms with Crippen LogP contribution in [0, 0.1) is 5.82 Å². The third-order valence-electron chi connectivity index (χ3n) is 3.74. The van der Waals surface area contributed by atoms with Crippen LogP contribution < -0.4 is 0 Å². The summed E-state index contributed by atoms with van der Waals surface area (Å²) in [5, 5.41) is 0. The molecule has 0 unspecified atom stereocenters. The highest BCUT2D eigenvalue weighted by Gasteiger charge is 2.10. The second-order valence-electron chi connectivity index (χ2n) is 5.29. The molecule has 0 atom stereocenters. The average Bonchev–Trinajstić information content (AvgIpc) is 2.45. The highest BCUT2D eigenvalue weighted by Crippen LogP contribution is 2.12. The zero-order valence-corrected chi connectivity index (χ0v) is 11.4. The number of likely N-dealkylation sites (tertiary alicyclic amines) is 1. The van der Waals surface area contributed by atoms with Crippen molar-refractivity contribution in [2.45, 2.75) is 38.5 Å². The first-order valence-electron chi connectivity index (χ1n) is 7.27. The number of unbranched alkanes of at least 4 members (excludes halogenated alkanes) is 1. The van der Waals surface area contributed by atoms with Crippen LogP contribution in [0.1, 0.15) is 48.9 Å². The van der Waals surface area contributed by atoms with Crippen molar-refractivity contribution in [3.63, 3.8) is 0 Å². The number of nitrogens with zero attached hydrogens (tertiary/aromatic N) is 1. The lowest BCUT2D eigenvalue weighted by molar-refractivity contribution is 0.0977. The molecule has 1 heterocycles. The van der Waals surface area contributed by atoms with Gasteiger partial charge in [0.15, 0.2) is 5.78 Å². The minimum Gasteiger partial charge on any atom is -0.303 e. The third-order valence-corrected chi connectivity index (χ3v) is 3.74. The van der Waals surface area contributed by atoms with E-state index in [0.29, 0.717) is 12.0 Å². The molecule has 0 aromatic heterocycles. The Morgan fingerprint density at radius 3 is 2.42 bits per heavy atom. The highest BCUT2D eigenvalue weighted by molar-refractivity contribution is 5.95. The van der Waals surface area contributed by atoms with Crippen molar-refractivity contribution < 1.29 is 9.18 Å². The van der Waals surface area contributed by atoms with Crippen LogP contribution in [0.4, 0.5) is 4.39 Å². The van der Waals surface area contributed by atoms with E-state index in [1.54, 1.807) is 12.1 Å².